The molecule has 5 N–H and O–H groups in total. The van der Waals surface area contributed by atoms with E-state index in [1.54, 1.807) is 12.1 Å². The molecule has 0 spiro atoms. The van der Waals surface area contributed by atoms with E-state index in [0.717, 1.165) is 5.56 Å². The molecule has 0 radical (unpaired) electrons. The van der Waals surface area contributed by atoms with Gasteiger partial charge in [0.2, 0.25) is 0 Å². The van der Waals surface area contributed by atoms with Gasteiger partial charge in [-0.25, -0.2) is 15.0 Å². The van der Waals surface area contributed by atoms with E-state index in [9.17, 15) is 20.4 Å². The Morgan fingerprint density at radius 3 is 2.77 bits per heavy atom. The number of aromatic nitrogens is 4. The lowest BCUT2D eigenvalue weighted by Gasteiger charge is -2.16. The van der Waals surface area contributed by atoms with Crippen molar-refractivity contribution < 1.29 is 29.9 Å². The van der Waals surface area contributed by atoms with Gasteiger partial charge in [0, 0.05) is 6.54 Å². The lowest BCUT2D eigenvalue weighted by Crippen LogP contribution is -2.33. The van der Waals surface area contributed by atoms with E-state index in [1.165, 1.54) is 24.3 Å². The van der Waals surface area contributed by atoms with Crippen molar-refractivity contribution in [2.45, 2.75) is 31.0 Å². The normalized spacial score (nSPS) is 23.7. The average molecular weight is 417 g/mol. The fourth-order valence-corrected chi connectivity index (χ4v) is 3.48. The van der Waals surface area contributed by atoms with Gasteiger partial charge in [0.25, 0.3) is 0 Å². The number of rotatable bonds is 7. The second-order valence-corrected chi connectivity index (χ2v) is 6.96. The van der Waals surface area contributed by atoms with Crippen LogP contribution in [0.15, 0.2) is 30.9 Å². The number of aliphatic hydroxyl groups excluding tert-OH is 3. The lowest BCUT2D eigenvalue weighted by molar-refractivity contribution is -0.0511. The molecule has 1 aromatic carbocycles. The van der Waals surface area contributed by atoms with Crippen molar-refractivity contribution in [3.05, 3.63) is 36.4 Å². The van der Waals surface area contributed by atoms with Gasteiger partial charge in [-0.05, 0) is 24.1 Å². The van der Waals surface area contributed by atoms with E-state index in [1.807, 2.05) is 6.07 Å². The number of aromatic hydroxyl groups is 1. The van der Waals surface area contributed by atoms with Crippen molar-refractivity contribution >= 4 is 17.0 Å². The number of phenols is 1. The summed E-state index contributed by atoms with van der Waals surface area (Å²) in [5.74, 6) is 1.01. The lowest BCUT2D eigenvalue weighted by atomic mass is 10.1. The minimum Gasteiger partial charge on any atom is -0.504 e. The highest BCUT2D eigenvalue weighted by atomic mass is 16.6. The monoisotopic (exact) mass is 417 g/mol. The fraction of sp³-hybridized carbons (Fsp3) is 0.421. The molecule has 11 heteroatoms. The van der Waals surface area contributed by atoms with Crippen LogP contribution in [0.25, 0.3) is 11.2 Å². The van der Waals surface area contributed by atoms with Crippen LogP contribution in [0.4, 0.5) is 5.82 Å². The molecule has 1 aliphatic rings. The predicted molar refractivity (Wildman–Crippen MR) is 105 cm³/mol. The first-order valence-corrected chi connectivity index (χ1v) is 9.43. The van der Waals surface area contributed by atoms with Crippen LogP contribution in [-0.2, 0) is 11.2 Å². The molecule has 0 bridgehead atoms. The van der Waals surface area contributed by atoms with E-state index < -0.39 is 31.1 Å². The molecule has 4 rings (SSSR count). The number of phenolic OH excluding ortho intramolecular Hbond substituents is 1. The van der Waals surface area contributed by atoms with E-state index in [4.69, 9.17) is 9.47 Å². The van der Waals surface area contributed by atoms with Crippen LogP contribution in [0.1, 0.15) is 11.8 Å². The fourth-order valence-electron chi connectivity index (χ4n) is 3.48. The molecule has 3 aromatic rings. The summed E-state index contributed by atoms with van der Waals surface area (Å²) in [7, 11) is 1.50. The summed E-state index contributed by atoms with van der Waals surface area (Å²) >= 11 is 0. The Morgan fingerprint density at radius 2 is 2.03 bits per heavy atom. The van der Waals surface area contributed by atoms with Gasteiger partial charge in [-0.15, -0.1) is 0 Å². The van der Waals surface area contributed by atoms with Crippen LogP contribution in [-0.4, -0.2) is 78.5 Å². The molecular weight excluding hydrogens is 394 g/mol. The summed E-state index contributed by atoms with van der Waals surface area (Å²) in [6, 6.07) is 5.16. The number of imidazole rings is 1. The number of aliphatic hydroxyl groups is 3. The first-order chi connectivity index (χ1) is 14.5. The number of nitrogens with one attached hydrogen (secondary N) is 1. The van der Waals surface area contributed by atoms with Gasteiger partial charge in [-0.1, -0.05) is 6.07 Å². The number of hydrogen-bond donors (Lipinski definition) is 5. The zero-order chi connectivity index (χ0) is 21.3. The van der Waals surface area contributed by atoms with Gasteiger partial charge in [-0.3, -0.25) is 4.57 Å². The molecule has 11 nitrogen and oxygen atoms in total. The first kappa shape index (κ1) is 20.3. The summed E-state index contributed by atoms with van der Waals surface area (Å²) < 4.78 is 12.2. The molecule has 1 aliphatic heterocycles. The molecule has 2 unspecified atom stereocenters. The van der Waals surface area contributed by atoms with Crippen LogP contribution in [0.5, 0.6) is 11.5 Å². The van der Waals surface area contributed by atoms with Gasteiger partial charge in [-0.2, -0.15) is 0 Å². The Hall–Kier alpha value is -2.99. The molecule has 30 heavy (non-hydrogen) atoms. The first-order valence-electron chi connectivity index (χ1n) is 9.43. The number of methoxy groups -OCH3 is 1. The predicted octanol–water partition coefficient (Wildman–Crippen LogP) is -0.193. The zero-order valence-electron chi connectivity index (χ0n) is 16.2. The smallest absolute Gasteiger partial charge is 0.167 e. The molecule has 3 heterocycles. The van der Waals surface area contributed by atoms with Crippen LogP contribution in [0.3, 0.4) is 0 Å². The Morgan fingerprint density at radius 1 is 1.20 bits per heavy atom. The quantitative estimate of drug-likeness (QED) is 0.349. The zero-order valence-corrected chi connectivity index (χ0v) is 16.2. The second-order valence-electron chi connectivity index (χ2n) is 6.96. The van der Waals surface area contributed by atoms with Crippen LogP contribution in [0, 0.1) is 0 Å². The summed E-state index contributed by atoms with van der Waals surface area (Å²) in [6.07, 6.45) is -0.769. The molecule has 4 atom stereocenters. The number of fused-ring (bicyclic) bond motifs is 1. The number of ether oxygens (including phenoxy) is 2. The topological polar surface area (TPSA) is 155 Å². The Kier molecular flexibility index (Phi) is 5.68. The summed E-state index contributed by atoms with van der Waals surface area (Å²) in [5.41, 5.74) is 1.88. The van der Waals surface area contributed by atoms with Crippen molar-refractivity contribution in [2.75, 3.05) is 25.6 Å². The maximum atomic E-state index is 10.3. The van der Waals surface area contributed by atoms with Gasteiger partial charge >= 0.3 is 0 Å². The van der Waals surface area contributed by atoms with E-state index in [0.29, 0.717) is 35.7 Å². The highest BCUT2D eigenvalue weighted by Crippen LogP contribution is 2.32. The van der Waals surface area contributed by atoms with E-state index in [-0.39, 0.29) is 5.75 Å². The molecule has 160 valence electrons. The molecule has 0 amide bonds. The Bertz CT molecular complexity index is 1030. The van der Waals surface area contributed by atoms with Crippen LogP contribution < -0.4 is 10.1 Å². The maximum absolute atomic E-state index is 10.3. The highest BCUT2D eigenvalue weighted by Gasteiger charge is 2.44. The van der Waals surface area contributed by atoms with Crippen molar-refractivity contribution in [1.29, 1.82) is 0 Å². The standard InChI is InChI=1S/C19H23N5O6/c1-29-12-6-10(2-3-11(12)26)4-5-20-17-14-18(22-8-21-17)24(9-23-14)19-16(28)15(27)13(7-25)30-19/h2-3,6,8-9,13,15-16,19,25-28H,4-5,7H2,1H3,(H,20,21,22)/t13-,15?,16?,19-/m1/s1. The van der Waals surface area contributed by atoms with Gasteiger partial charge in [0.1, 0.15) is 24.6 Å². The minimum absolute atomic E-state index is 0.0853. The molecule has 2 aromatic heterocycles. The van der Waals surface area contributed by atoms with Crippen molar-refractivity contribution in [2.24, 2.45) is 0 Å². The SMILES string of the molecule is COc1cc(CCNc2ncnc3c2ncn3[C@@H]2O[C@H](CO)C(O)C2O)ccc1O. The molecule has 0 saturated carbocycles. The molecule has 0 aliphatic carbocycles. The van der Waals surface area contributed by atoms with Gasteiger partial charge < -0.3 is 35.2 Å². The maximum Gasteiger partial charge on any atom is 0.167 e. The summed E-state index contributed by atoms with van der Waals surface area (Å²) in [4.78, 5) is 12.8. The van der Waals surface area contributed by atoms with Gasteiger partial charge in [0.15, 0.2) is 34.7 Å². The molecule has 1 fully saturated rings. The minimum atomic E-state index is -1.23. The molecular formula is C19H23N5O6. The van der Waals surface area contributed by atoms with E-state index in [2.05, 4.69) is 20.3 Å². The van der Waals surface area contributed by atoms with Gasteiger partial charge in [0.05, 0.1) is 20.0 Å². The largest absolute Gasteiger partial charge is 0.504 e. The number of benzene rings is 1. The Labute approximate surface area is 171 Å². The van der Waals surface area contributed by atoms with Crippen LogP contribution >= 0.6 is 0 Å². The molecule has 1 saturated heterocycles. The average Bonchev–Trinajstić information content (AvgIpc) is 3.31. The number of anilines is 1. The number of nitrogens with zero attached hydrogens (tertiary/aromatic N) is 4. The van der Waals surface area contributed by atoms with Crippen molar-refractivity contribution in [3.63, 3.8) is 0 Å². The second kappa shape index (κ2) is 8.40. The third-order valence-electron chi connectivity index (χ3n) is 5.10. The highest BCUT2D eigenvalue weighted by molar-refractivity contribution is 5.82. The Balaban J connectivity index is 1.50. The third-order valence-corrected chi connectivity index (χ3v) is 5.10. The van der Waals surface area contributed by atoms with Crippen molar-refractivity contribution in [3.8, 4) is 11.5 Å². The third kappa shape index (κ3) is 3.63. The summed E-state index contributed by atoms with van der Waals surface area (Å²) in [5, 5.41) is 42.4. The van der Waals surface area contributed by atoms with Crippen LogP contribution in [0.2, 0.25) is 0 Å². The van der Waals surface area contributed by atoms with E-state index >= 15 is 0 Å². The summed E-state index contributed by atoms with van der Waals surface area (Å²) in [6.45, 7) is 0.131. The van der Waals surface area contributed by atoms with Crippen molar-refractivity contribution in [1.82, 2.24) is 19.5 Å². The number of hydrogen-bond acceptors (Lipinski definition) is 10.